The quantitative estimate of drug-likeness (QED) is 0.510. The van der Waals surface area contributed by atoms with Crippen molar-refractivity contribution in [1.29, 1.82) is 0 Å². The van der Waals surface area contributed by atoms with E-state index in [-0.39, 0.29) is 17.1 Å². The van der Waals surface area contributed by atoms with Crippen molar-refractivity contribution in [2.75, 3.05) is 0 Å². The minimum absolute atomic E-state index is 0.130. The van der Waals surface area contributed by atoms with Crippen LogP contribution >= 0.6 is 0 Å². The Bertz CT molecular complexity index is 1320. The molecule has 0 fully saturated rings. The van der Waals surface area contributed by atoms with E-state index in [1.54, 1.807) is 23.4 Å². The topological polar surface area (TPSA) is 63.4 Å². The smallest absolute Gasteiger partial charge is 0.291 e. The lowest BCUT2D eigenvalue weighted by molar-refractivity contribution is 0.0714. The Hall–Kier alpha value is -3.73. The summed E-state index contributed by atoms with van der Waals surface area (Å²) in [5.74, 6) is -0.148. The molecule has 0 N–H and O–H groups in total. The van der Waals surface area contributed by atoms with Crippen molar-refractivity contribution < 1.29 is 9.21 Å². The normalized spacial score (nSPS) is 15.6. The summed E-state index contributed by atoms with van der Waals surface area (Å²) in [6.45, 7) is 4.28. The molecule has 1 atom stereocenters. The van der Waals surface area contributed by atoms with Crippen LogP contribution in [0.4, 0.5) is 0 Å². The molecule has 0 aliphatic carbocycles. The number of pyridine rings is 1. The van der Waals surface area contributed by atoms with Gasteiger partial charge in [-0.2, -0.15) is 0 Å². The van der Waals surface area contributed by atoms with Crippen LogP contribution in [0.25, 0.3) is 11.0 Å². The van der Waals surface area contributed by atoms with Gasteiger partial charge >= 0.3 is 0 Å². The molecule has 4 aromatic rings. The summed E-state index contributed by atoms with van der Waals surface area (Å²) in [4.78, 5) is 32.8. The van der Waals surface area contributed by atoms with E-state index in [4.69, 9.17) is 4.42 Å². The van der Waals surface area contributed by atoms with Gasteiger partial charge in [0, 0.05) is 18.9 Å². The molecule has 148 valence electrons. The summed E-state index contributed by atoms with van der Waals surface area (Å²) in [6, 6.07) is 16.6. The summed E-state index contributed by atoms with van der Waals surface area (Å²) in [5.41, 5.74) is 4.55. The predicted molar refractivity (Wildman–Crippen MR) is 114 cm³/mol. The van der Waals surface area contributed by atoms with Gasteiger partial charge < -0.3 is 9.32 Å². The Balaban J connectivity index is 1.74. The molecule has 0 spiro atoms. The number of nitrogens with zero attached hydrogens (tertiary/aromatic N) is 2. The van der Waals surface area contributed by atoms with Gasteiger partial charge in [0.25, 0.3) is 5.91 Å². The molecular formula is C25H20N2O3. The molecule has 2 aromatic heterocycles. The summed E-state index contributed by atoms with van der Waals surface area (Å²) >= 11 is 0. The van der Waals surface area contributed by atoms with E-state index in [0.717, 1.165) is 22.3 Å². The average molecular weight is 396 g/mol. The third-order valence-electron chi connectivity index (χ3n) is 5.59. The van der Waals surface area contributed by atoms with Gasteiger partial charge in [0.05, 0.1) is 17.0 Å². The highest BCUT2D eigenvalue weighted by Crippen LogP contribution is 2.39. The SMILES string of the molecule is Cc1ccc([C@H]2c3c(oc4ccc(C)cc4c3=O)C(=O)N2Cc2cccnc2)cc1. The van der Waals surface area contributed by atoms with Gasteiger partial charge in [-0.25, -0.2) is 0 Å². The second-order valence-corrected chi connectivity index (χ2v) is 7.78. The van der Waals surface area contributed by atoms with E-state index >= 15 is 0 Å². The molecule has 5 heteroatoms. The Labute approximate surface area is 173 Å². The van der Waals surface area contributed by atoms with Crippen LogP contribution in [0.5, 0.6) is 0 Å². The number of benzene rings is 2. The molecule has 5 rings (SSSR count). The first kappa shape index (κ1) is 18.3. The third-order valence-corrected chi connectivity index (χ3v) is 5.59. The summed E-state index contributed by atoms with van der Waals surface area (Å²) < 4.78 is 5.99. The zero-order valence-corrected chi connectivity index (χ0v) is 16.8. The molecule has 5 nitrogen and oxygen atoms in total. The van der Waals surface area contributed by atoms with Crippen molar-refractivity contribution in [1.82, 2.24) is 9.88 Å². The number of fused-ring (bicyclic) bond motifs is 2. The third kappa shape index (κ3) is 2.90. The number of carbonyl (C=O) groups excluding carboxylic acids is 1. The Morgan fingerprint density at radius 1 is 1.00 bits per heavy atom. The van der Waals surface area contributed by atoms with Crippen LogP contribution in [0.2, 0.25) is 0 Å². The van der Waals surface area contributed by atoms with E-state index in [2.05, 4.69) is 4.98 Å². The maximum Gasteiger partial charge on any atom is 0.291 e. The highest BCUT2D eigenvalue weighted by molar-refractivity contribution is 5.99. The van der Waals surface area contributed by atoms with E-state index in [9.17, 15) is 9.59 Å². The van der Waals surface area contributed by atoms with Gasteiger partial charge in [-0.3, -0.25) is 14.6 Å². The van der Waals surface area contributed by atoms with Crippen LogP contribution in [0.1, 0.15) is 44.4 Å². The minimum Gasteiger partial charge on any atom is -0.450 e. The summed E-state index contributed by atoms with van der Waals surface area (Å²) in [7, 11) is 0. The lowest BCUT2D eigenvalue weighted by atomic mass is 9.97. The molecule has 0 unspecified atom stereocenters. The molecule has 2 aromatic carbocycles. The zero-order valence-electron chi connectivity index (χ0n) is 16.8. The van der Waals surface area contributed by atoms with Crippen molar-refractivity contribution in [2.45, 2.75) is 26.4 Å². The van der Waals surface area contributed by atoms with Crippen molar-refractivity contribution >= 4 is 16.9 Å². The zero-order chi connectivity index (χ0) is 20.8. The molecule has 0 saturated carbocycles. The van der Waals surface area contributed by atoms with Crippen LogP contribution in [0, 0.1) is 13.8 Å². The maximum atomic E-state index is 13.5. The molecule has 0 bridgehead atoms. The summed E-state index contributed by atoms with van der Waals surface area (Å²) in [5, 5.41) is 0.502. The Morgan fingerprint density at radius 3 is 2.50 bits per heavy atom. The summed E-state index contributed by atoms with van der Waals surface area (Å²) in [6.07, 6.45) is 3.43. The molecule has 1 aliphatic heterocycles. The van der Waals surface area contributed by atoms with Crippen LogP contribution in [0.3, 0.4) is 0 Å². The van der Waals surface area contributed by atoms with Crippen LogP contribution in [0.15, 0.2) is 76.2 Å². The fraction of sp³-hybridized carbons (Fsp3) is 0.160. The number of amides is 1. The number of aryl methyl sites for hydroxylation is 2. The fourth-order valence-electron chi connectivity index (χ4n) is 4.08. The minimum atomic E-state index is -0.505. The molecular weight excluding hydrogens is 376 g/mol. The number of hydrogen-bond donors (Lipinski definition) is 0. The second-order valence-electron chi connectivity index (χ2n) is 7.78. The Kier molecular flexibility index (Phi) is 4.24. The standard InChI is InChI=1S/C25H20N2O3/c1-15-5-8-18(9-6-15)22-21-23(28)19-12-16(2)7-10-20(19)30-24(21)25(29)27(22)14-17-4-3-11-26-13-17/h3-13,22H,14H2,1-2H3/t22-/m0/s1. The average Bonchev–Trinajstić information content (AvgIpc) is 3.02. The van der Waals surface area contributed by atoms with Crippen molar-refractivity contribution in [2.24, 2.45) is 0 Å². The number of carbonyl (C=O) groups is 1. The molecule has 1 aliphatic rings. The molecule has 0 radical (unpaired) electrons. The first-order valence-corrected chi connectivity index (χ1v) is 9.87. The fourth-order valence-corrected chi connectivity index (χ4v) is 4.08. The predicted octanol–water partition coefficient (Wildman–Crippen LogP) is 4.55. The van der Waals surface area contributed by atoms with Gasteiger partial charge in [-0.05, 0) is 43.2 Å². The van der Waals surface area contributed by atoms with Crippen LogP contribution in [-0.2, 0) is 6.54 Å². The van der Waals surface area contributed by atoms with Gasteiger partial charge in [0.2, 0.25) is 5.76 Å². The highest BCUT2D eigenvalue weighted by atomic mass is 16.3. The molecule has 30 heavy (non-hydrogen) atoms. The van der Waals surface area contributed by atoms with Crippen LogP contribution < -0.4 is 5.43 Å². The first-order chi connectivity index (χ1) is 14.5. The molecule has 0 saturated heterocycles. The number of hydrogen-bond acceptors (Lipinski definition) is 4. The van der Waals surface area contributed by atoms with Crippen molar-refractivity contribution in [3.8, 4) is 0 Å². The monoisotopic (exact) mass is 396 g/mol. The first-order valence-electron chi connectivity index (χ1n) is 9.87. The van der Waals surface area contributed by atoms with Gasteiger partial charge in [-0.15, -0.1) is 0 Å². The number of rotatable bonds is 3. The Morgan fingerprint density at radius 2 is 1.77 bits per heavy atom. The molecule has 1 amide bonds. The largest absolute Gasteiger partial charge is 0.450 e. The highest BCUT2D eigenvalue weighted by Gasteiger charge is 2.42. The lowest BCUT2D eigenvalue weighted by Gasteiger charge is -2.25. The van der Waals surface area contributed by atoms with Gasteiger partial charge in [0.1, 0.15) is 5.58 Å². The molecule has 3 heterocycles. The van der Waals surface area contributed by atoms with Crippen molar-refractivity contribution in [3.63, 3.8) is 0 Å². The van der Waals surface area contributed by atoms with E-state index in [1.165, 1.54) is 0 Å². The van der Waals surface area contributed by atoms with E-state index in [1.807, 2.05) is 62.4 Å². The second kappa shape index (κ2) is 6.95. The van der Waals surface area contributed by atoms with E-state index < -0.39 is 6.04 Å². The van der Waals surface area contributed by atoms with E-state index in [0.29, 0.717) is 23.1 Å². The van der Waals surface area contributed by atoms with Crippen molar-refractivity contribution in [3.05, 3.63) is 111 Å². The van der Waals surface area contributed by atoms with Crippen LogP contribution in [-0.4, -0.2) is 15.8 Å². The van der Waals surface area contributed by atoms with Gasteiger partial charge in [0.15, 0.2) is 5.43 Å². The van der Waals surface area contributed by atoms with Gasteiger partial charge in [-0.1, -0.05) is 47.5 Å². The maximum absolute atomic E-state index is 13.5. The number of aromatic nitrogens is 1. The lowest BCUT2D eigenvalue weighted by Crippen LogP contribution is -2.29.